The summed E-state index contributed by atoms with van der Waals surface area (Å²) in [5, 5.41) is 7.71. The molecule has 0 aliphatic carbocycles. The van der Waals surface area contributed by atoms with E-state index in [1.54, 1.807) is 6.20 Å². The standard InChI is InChI=1S/C21H27N7O.HI/c1-3-23-21(27-10-11-29-20(15-27)18-13-25-26(2)14-18)24-12-17-6-4-5-7-19(17)28-9-8-22-16-28;/h4-9,13-14,16,20H,3,10-12,15H2,1-2H3,(H,23,24);1H. The fourth-order valence-corrected chi connectivity index (χ4v) is 3.53. The van der Waals surface area contributed by atoms with Gasteiger partial charge < -0.3 is 19.5 Å². The Labute approximate surface area is 194 Å². The Morgan fingerprint density at radius 1 is 1.33 bits per heavy atom. The van der Waals surface area contributed by atoms with Gasteiger partial charge in [-0.3, -0.25) is 4.68 Å². The minimum absolute atomic E-state index is 0. The largest absolute Gasteiger partial charge is 0.370 e. The van der Waals surface area contributed by atoms with E-state index >= 15 is 0 Å². The maximum absolute atomic E-state index is 5.98. The number of benzene rings is 1. The van der Waals surface area contributed by atoms with Gasteiger partial charge in [-0.25, -0.2) is 9.98 Å². The quantitative estimate of drug-likeness (QED) is 0.318. The van der Waals surface area contributed by atoms with Gasteiger partial charge in [0.15, 0.2) is 5.96 Å². The minimum atomic E-state index is -0.000425. The number of nitrogens with one attached hydrogen (secondary N) is 1. The molecule has 1 aliphatic heterocycles. The topological polar surface area (TPSA) is 72.5 Å². The summed E-state index contributed by atoms with van der Waals surface area (Å²) in [4.78, 5) is 11.4. The summed E-state index contributed by atoms with van der Waals surface area (Å²) in [6, 6.07) is 8.28. The van der Waals surface area contributed by atoms with Gasteiger partial charge >= 0.3 is 0 Å². The van der Waals surface area contributed by atoms with E-state index in [4.69, 9.17) is 9.73 Å². The van der Waals surface area contributed by atoms with Gasteiger partial charge in [0.1, 0.15) is 6.10 Å². The predicted molar refractivity (Wildman–Crippen MR) is 127 cm³/mol. The lowest BCUT2D eigenvalue weighted by atomic mass is 10.1. The lowest BCUT2D eigenvalue weighted by Gasteiger charge is -2.34. The highest BCUT2D eigenvalue weighted by molar-refractivity contribution is 14.0. The van der Waals surface area contributed by atoms with Crippen molar-refractivity contribution < 1.29 is 4.74 Å². The molecule has 1 aliphatic rings. The summed E-state index contributed by atoms with van der Waals surface area (Å²) in [7, 11) is 1.92. The highest BCUT2D eigenvalue weighted by Crippen LogP contribution is 2.22. The first-order valence-corrected chi connectivity index (χ1v) is 9.94. The van der Waals surface area contributed by atoms with Gasteiger partial charge in [0.25, 0.3) is 0 Å². The molecule has 1 unspecified atom stereocenters. The second kappa shape index (κ2) is 10.6. The molecule has 0 spiro atoms. The van der Waals surface area contributed by atoms with Crippen molar-refractivity contribution in [3.63, 3.8) is 0 Å². The van der Waals surface area contributed by atoms with Crippen LogP contribution in [-0.2, 0) is 18.3 Å². The number of hydrogen-bond donors (Lipinski definition) is 1. The highest BCUT2D eigenvalue weighted by atomic mass is 127. The number of para-hydroxylation sites is 1. The lowest BCUT2D eigenvalue weighted by Crippen LogP contribution is -2.48. The van der Waals surface area contributed by atoms with E-state index in [1.165, 1.54) is 0 Å². The SMILES string of the molecule is CCNC(=NCc1ccccc1-n1ccnc1)N1CCOC(c2cnn(C)c2)C1.I. The highest BCUT2D eigenvalue weighted by Gasteiger charge is 2.25. The first-order valence-electron chi connectivity index (χ1n) is 9.94. The molecule has 9 heteroatoms. The Kier molecular flexibility index (Phi) is 7.86. The number of guanidine groups is 1. The van der Waals surface area contributed by atoms with E-state index in [9.17, 15) is 0 Å². The number of ether oxygens (including phenoxy) is 1. The lowest BCUT2D eigenvalue weighted by molar-refractivity contribution is -0.00805. The summed E-state index contributed by atoms with van der Waals surface area (Å²) >= 11 is 0. The molecular formula is C21H28IN7O. The van der Waals surface area contributed by atoms with E-state index in [1.807, 2.05) is 53.3 Å². The van der Waals surface area contributed by atoms with Crippen LogP contribution in [-0.4, -0.2) is 56.4 Å². The molecule has 0 radical (unpaired) electrons. The Morgan fingerprint density at radius 2 is 2.20 bits per heavy atom. The second-order valence-electron chi connectivity index (χ2n) is 7.02. The Balaban J connectivity index is 0.00000256. The van der Waals surface area contributed by atoms with Crippen molar-refractivity contribution in [3.8, 4) is 5.69 Å². The number of aryl methyl sites for hydroxylation is 1. The van der Waals surface area contributed by atoms with Gasteiger partial charge in [-0.05, 0) is 18.6 Å². The van der Waals surface area contributed by atoms with Crippen LogP contribution in [0.15, 0.2) is 60.4 Å². The normalized spacial score (nSPS) is 16.9. The van der Waals surface area contributed by atoms with Crippen LogP contribution >= 0.6 is 24.0 Å². The van der Waals surface area contributed by atoms with Crippen molar-refractivity contribution in [2.75, 3.05) is 26.2 Å². The number of rotatable bonds is 5. The van der Waals surface area contributed by atoms with Gasteiger partial charge in [0.05, 0.1) is 37.9 Å². The Hall–Kier alpha value is -2.40. The maximum Gasteiger partial charge on any atom is 0.194 e. The number of hydrogen-bond acceptors (Lipinski definition) is 4. The van der Waals surface area contributed by atoms with Gasteiger partial charge in [-0.1, -0.05) is 18.2 Å². The van der Waals surface area contributed by atoms with Crippen LogP contribution in [0.25, 0.3) is 5.69 Å². The van der Waals surface area contributed by atoms with Crippen LogP contribution in [0.2, 0.25) is 0 Å². The van der Waals surface area contributed by atoms with Crippen molar-refractivity contribution in [3.05, 3.63) is 66.5 Å². The molecule has 4 rings (SSSR count). The van der Waals surface area contributed by atoms with Crippen molar-refractivity contribution >= 4 is 29.9 Å². The average molecular weight is 521 g/mol. The summed E-state index contributed by atoms with van der Waals surface area (Å²) in [5.74, 6) is 0.908. The fourth-order valence-electron chi connectivity index (χ4n) is 3.53. The van der Waals surface area contributed by atoms with E-state index in [-0.39, 0.29) is 30.1 Å². The van der Waals surface area contributed by atoms with Crippen molar-refractivity contribution in [1.82, 2.24) is 29.5 Å². The first kappa shape index (κ1) is 22.3. The van der Waals surface area contributed by atoms with Crippen LogP contribution < -0.4 is 5.32 Å². The van der Waals surface area contributed by atoms with E-state index in [0.717, 1.165) is 42.4 Å². The second-order valence-corrected chi connectivity index (χ2v) is 7.02. The average Bonchev–Trinajstić information content (AvgIpc) is 3.43. The van der Waals surface area contributed by atoms with Gasteiger partial charge in [0, 0.05) is 44.3 Å². The number of aliphatic imine (C=N–C) groups is 1. The summed E-state index contributed by atoms with van der Waals surface area (Å²) in [5.41, 5.74) is 3.34. The molecule has 3 heterocycles. The van der Waals surface area contributed by atoms with Crippen molar-refractivity contribution in [1.29, 1.82) is 0 Å². The molecule has 1 saturated heterocycles. The molecule has 0 amide bonds. The molecule has 8 nitrogen and oxygen atoms in total. The third-order valence-electron chi connectivity index (χ3n) is 4.97. The summed E-state index contributed by atoms with van der Waals surface area (Å²) in [6.45, 7) is 5.72. The molecule has 1 aromatic carbocycles. The van der Waals surface area contributed by atoms with Crippen LogP contribution in [0.5, 0.6) is 0 Å². The molecule has 0 bridgehead atoms. The van der Waals surface area contributed by atoms with Crippen molar-refractivity contribution in [2.24, 2.45) is 12.0 Å². The predicted octanol–water partition coefficient (Wildman–Crippen LogP) is 2.76. The molecule has 1 fully saturated rings. The van der Waals surface area contributed by atoms with E-state index in [0.29, 0.717) is 13.2 Å². The molecule has 2 aromatic heterocycles. The number of nitrogens with zero attached hydrogens (tertiary/aromatic N) is 6. The summed E-state index contributed by atoms with van der Waals surface area (Å²) in [6.07, 6.45) is 9.44. The van der Waals surface area contributed by atoms with Crippen LogP contribution in [0.1, 0.15) is 24.2 Å². The smallest absolute Gasteiger partial charge is 0.194 e. The number of morpholine rings is 1. The molecule has 1 N–H and O–H groups in total. The number of aromatic nitrogens is 4. The molecule has 1 atom stereocenters. The molecular weight excluding hydrogens is 493 g/mol. The van der Waals surface area contributed by atoms with Crippen LogP contribution in [0.3, 0.4) is 0 Å². The first-order chi connectivity index (χ1) is 14.2. The zero-order chi connectivity index (χ0) is 20.1. The zero-order valence-electron chi connectivity index (χ0n) is 17.3. The minimum Gasteiger partial charge on any atom is -0.370 e. The number of halogens is 1. The molecule has 30 heavy (non-hydrogen) atoms. The van der Waals surface area contributed by atoms with Crippen LogP contribution in [0, 0.1) is 0 Å². The molecule has 3 aromatic rings. The summed E-state index contributed by atoms with van der Waals surface area (Å²) < 4.78 is 9.81. The van der Waals surface area contributed by atoms with Crippen LogP contribution in [0.4, 0.5) is 0 Å². The van der Waals surface area contributed by atoms with Gasteiger partial charge in [0.2, 0.25) is 0 Å². The van der Waals surface area contributed by atoms with E-state index in [2.05, 4.69) is 39.4 Å². The monoisotopic (exact) mass is 521 g/mol. The molecule has 160 valence electrons. The zero-order valence-corrected chi connectivity index (χ0v) is 19.6. The third kappa shape index (κ3) is 5.20. The number of imidazole rings is 1. The third-order valence-corrected chi connectivity index (χ3v) is 4.97. The fraction of sp³-hybridized carbons (Fsp3) is 0.381. The van der Waals surface area contributed by atoms with Crippen molar-refractivity contribution in [2.45, 2.75) is 19.6 Å². The Morgan fingerprint density at radius 3 is 2.93 bits per heavy atom. The Bertz CT molecular complexity index is 954. The molecule has 0 saturated carbocycles. The van der Waals surface area contributed by atoms with Gasteiger partial charge in [-0.15, -0.1) is 24.0 Å². The van der Waals surface area contributed by atoms with E-state index < -0.39 is 0 Å². The maximum atomic E-state index is 5.98. The van der Waals surface area contributed by atoms with Gasteiger partial charge in [-0.2, -0.15) is 5.10 Å².